The fraction of sp³-hybridized carbons (Fsp3) is 0.600. The average molecular weight is 314 g/mol. The highest BCUT2D eigenvalue weighted by Gasteiger charge is 2.46. The molecule has 0 radical (unpaired) electrons. The van der Waals surface area contributed by atoms with Crippen LogP contribution in [0.2, 0.25) is 0 Å². The van der Waals surface area contributed by atoms with E-state index in [0.717, 1.165) is 35.6 Å². The molecule has 2 aromatic heterocycles. The number of hydrogen-bond acceptors (Lipinski definition) is 7. The summed E-state index contributed by atoms with van der Waals surface area (Å²) in [5.41, 5.74) is 1.03. The zero-order chi connectivity index (χ0) is 14.7. The summed E-state index contributed by atoms with van der Waals surface area (Å²) in [5.74, 6) is 2.78. The van der Waals surface area contributed by atoms with Crippen LogP contribution in [0.4, 0.5) is 10.9 Å². The minimum absolute atomic E-state index is 0.550. The highest BCUT2D eigenvalue weighted by molar-refractivity contribution is 7.09. The zero-order valence-electron chi connectivity index (χ0n) is 12.5. The summed E-state index contributed by atoms with van der Waals surface area (Å²) in [5, 5.41) is 1.13. The fourth-order valence-corrected chi connectivity index (χ4v) is 4.45. The monoisotopic (exact) mass is 314 g/mol. The largest absolute Gasteiger partial charge is 0.352 e. The van der Waals surface area contributed by atoms with Crippen LogP contribution in [0.25, 0.3) is 0 Å². The number of rotatable bonds is 3. The van der Waals surface area contributed by atoms with Gasteiger partial charge in [0, 0.05) is 42.3 Å². The Bertz CT molecular complexity index is 700. The van der Waals surface area contributed by atoms with E-state index in [-0.39, 0.29) is 0 Å². The molecule has 7 heteroatoms. The maximum absolute atomic E-state index is 4.78. The normalized spacial score (nSPS) is 27.0. The molecule has 0 aromatic carbocycles. The van der Waals surface area contributed by atoms with Crippen LogP contribution in [-0.2, 0) is 0 Å². The Morgan fingerprint density at radius 2 is 2.00 bits per heavy atom. The lowest BCUT2D eigenvalue weighted by molar-refractivity contribution is 0.290. The second-order valence-corrected chi connectivity index (χ2v) is 7.31. The molecule has 4 fully saturated rings. The van der Waals surface area contributed by atoms with Gasteiger partial charge in [0.25, 0.3) is 0 Å². The smallest absolute Gasteiger partial charge is 0.205 e. The third-order valence-electron chi connectivity index (χ3n) is 4.90. The molecule has 2 unspecified atom stereocenters. The van der Waals surface area contributed by atoms with Crippen LogP contribution >= 0.6 is 11.5 Å². The average Bonchev–Trinajstić information content (AvgIpc) is 3.27. The van der Waals surface area contributed by atoms with Crippen LogP contribution in [0.1, 0.15) is 36.7 Å². The molecule has 6 nitrogen and oxygen atoms in total. The van der Waals surface area contributed by atoms with Gasteiger partial charge in [-0.15, -0.1) is 0 Å². The molecule has 2 bridgehead atoms. The maximum atomic E-state index is 4.78. The lowest BCUT2D eigenvalue weighted by atomic mass is 9.88. The Balaban J connectivity index is 1.34. The molecule has 0 N–H and O–H groups in total. The molecule has 114 valence electrons. The van der Waals surface area contributed by atoms with Gasteiger partial charge in [-0.3, -0.25) is 0 Å². The second-order valence-electron chi connectivity index (χ2n) is 6.58. The molecule has 3 aliphatic heterocycles. The van der Waals surface area contributed by atoms with E-state index in [4.69, 9.17) is 4.98 Å². The van der Waals surface area contributed by atoms with E-state index in [9.17, 15) is 0 Å². The Morgan fingerprint density at radius 1 is 1.18 bits per heavy atom. The van der Waals surface area contributed by atoms with Crippen LogP contribution < -0.4 is 9.80 Å². The van der Waals surface area contributed by atoms with Gasteiger partial charge in [-0.25, -0.2) is 15.0 Å². The molecule has 2 aromatic rings. The number of aromatic nitrogens is 4. The van der Waals surface area contributed by atoms with Gasteiger partial charge >= 0.3 is 0 Å². The van der Waals surface area contributed by atoms with Crippen molar-refractivity contribution in [2.75, 3.05) is 22.9 Å². The lowest BCUT2D eigenvalue weighted by Gasteiger charge is -2.56. The number of piperazine rings is 1. The van der Waals surface area contributed by atoms with Crippen molar-refractivity contribution in [3.8, 4) is 0 Å². The van der Waals surface area contributed by atoms with Crippen molar-refractivity contribution in [3.05, 3.63) is 23.9 Å². The molecular weight excluding hydrogens is 296 g/mol. The summed E-state index contributed by atoms with van der Waals surface area (Å²) in [6.07, 6.45) is 5.46. The van der Waals surface area contributed by atoms with Crippen molar-refractivity contribution in [3.63, 3.8) is 0 Å². The molecular formula is C15H18N6S. The summed E-state index contributed by atoms with van der Waals surface area (Å²) >= 11 is 1.58. The van der Waals surface area contributed by atoms with Crippen molar-refractivity contribution in [2.45, 2.75) is 44.2 Å². The summed E-state index contributed by atoms with van der Waals surface area (Å²) in [4.78, 5) is 18.3. The van der Waals surface area contributed by atoms with Gasteiger partial charge in [-0.1, -0.05) is 0 Å². The van der Waals surface area contributed by atoms with Crippen molar-refractivity contribution in [1.29, 1.82) is 0 Å². The Morgan fingerprint density at radius 3 is 2.73 bits per heavy atom. The number of anilines is 2. The van der Waals surface area contributed by atoms with Gasteiger partial charge in [0.15, 0.2) is 0 Å². The molecule has 0 spiro atoms. The zero-order valence-corrected chi connectivity index (χ0v) is 13.3. The summed E-state index contributed by atoms with van der Waals surface area (Å²) < 4.78 is 4.55. The third kappa shape index (κ3) is 1.99. The van der Waals surface area contributed by atoms with E-state index in [1.807, 2.05) is 6.92 Å². The summed E-state index contributed by atoms with van der Waals surface area (Å²) in [7, 11) is 0. The first kappa shape index (κ1) is 12.8. The molecule has 1 saturated carbocycles. The highest BCUT2D eigenvalue weighted by atomic mass is 32.1. The van der Waals surface area contributed by atoms with Crippen molar-refractivity contribution < 1.29 is 0 Å². The predicted molar refractivity (Wildman–Crippen MR) is 85.5 cm³/mol. The van der Waals surface area contributed by atoms with Crippen LogP contribution in [0.15, 0.2) is 12.4 Å². The Hall–Kier alpha value is -1.76. The second kappa shape index (κ2) is 4.62. The maximum Gasteiger partial charge on any atom is 0.205 e. The van der Waals surface area contributed by atoms with E-state index in [0.29, 0.717) is 18.0 Å². The van der Waals surface area contributed by atoms with Crippen LogP contribution in [0.5, 0.6) is 0 Å². The van der Waals surface area contributed by atoms with Crippen LogP contribution in [-0.4, -0.2) is 44.5 Å². The molecule has 4 aliphatic rings. The molecule has 2 atom stereocenters. The van der Waals surface area contributed by atoms with Crippen LogP contribution in [0, 0.1) is 6.92 Å². The standard InChI is InChI=1S/C15H18N6S/c1-9-4-13(17-8-16-9)20-6-11-5-12(7-20)21(11)15-18-14(19-22-15)10-2-3-10/h4,8,10-12H,2-3,5-7H2,1H3. The van der Waals surface area contributed by atoms with E-state index in [2.05, 4.69) is 30.2 Å². The van der Waals surface area contributed by atoms with E-state index in [1.165, 1.54) is 19.3 Å². The molecule has 22 heavy (non-hydrogen) atoms. The van der Waals surface area contributed by atoms with Crippen molar-refractivity contribution in [2.24, 2.45) is 0 Å². The highest BCUT2D eigenvalue weighted by Crippen LogP contribution is 2.43. The summed E-state index contributed by atoms with van der Waals surface area (Å²) in [6, 6.07) is 3.17. The van der Waals surface area contributed by atoms with E-state index in [1.54, 1.807) is 17.9 Å². The van der Waals surface area contributed by atoms with Crippen LogP contribution in [0.3, 0.4) is 0 Å². The number of hydrogen-bond donors (Lipinski definition) is 0. The molecule has 0 amide bonds. The van der Waals surface area contributed by atoms with Gasteiger partial charge in [-0.05, 0) is 26.2 Å². The van der Waals surface area contributed by atoms with Gasteiger partial charge < -0.3 is 9.80 Å². The third-order valence-corrected chi connectivity index (χ3v) is 5.64. The molecule has 6 rings (SSSR count). The lowest BCUT2D eigenvalue weighted by Crippen LogP contribution is -2.69. The molecule has 3 saturated heterocycles. The minimum Gasteiger partial charge on any atom is -0.352 e. The minimum atomic E-state index is 0.550. The number of piperidine rings is 1. The van der Waals surface area contributed by atoms with E-state index < -0.39 is 0 Å². The quantitative estimate of drug-likeness (QED) is 0.863. The molecule has 1 aliphatic carbocycles. The topological polar surface area (TPSA) is 58.0 Å². The number of aryl methyl sites for hydroxylation is 1. The first-order valence-corrected chi connectivity index (χ1v) is 8.71. The van der Waals surface area contributed by atoms with Gasteiger partial charge in [0.05, 0.1) is 12.1 Å². The molecule has 5 heterocycles. The first-order valence-electron chi connectivity index (χ1n) is 7.93. The van der Waals surface area contributed by atoms with Crippen molar-refractivity contribution >= 4 is 22.5 Å². The fourth-order valence-electron chi connectivity index (χ4n) is 3.56. The number of fused-ring (bicyclic) bond motifs is 2. The summed E-state index contributed by atoms with van der Waals surface area (Å²) in [6.45, 7) is 4.05. The van der Waals surface area contributed by atoms with Gasteiger partial charge in [-0.2, -0.15) is 4.37 Å². The van der Waals surface area contributed by atoms with Crippen molar-refractivity contribution in [1.82, 2.24) is 19.3 Å². The van der Waals surface area contributed by atoms with Gasteiger partial charge in [0.2, 0.25) is 5.13 Å². The Labute approximate surface area is 133 Å². The first-order chi connectivity index (χ1) is 10.8. The Kier molecular flexibility index (Phi) is 2.68. The SMILES string of the molecule is Cc1cc(N2CC3CC(C2)N3c2nc(C3CC3)ns2)ncn1. The number of nitrogens with zero attached hydrogens (tertiary/aromatic N) is 6. The van der Waals surface area contributed by atoms with E-state index >= 15 is 0 Å². The predicted octanol–water partition coefficient (Wildman–Crippen LogP) is 1.98. The van der Waals surface area contributed by atoms with Gasteiger partial charge in [0.1, 0.15) is 18.0 Å².